The van der Waals surface area contributed by atoms with Crippen molar-refractivity contribution in [1.29, 1.82) is 0 Å². The third kappa shape index (κ3) is 4.28. The lowest BCUT2D eigenvalue weighted by Crippen LogP contribution is -2.54. The highest BCUT2D eigenvalue weighted by Gasteiger charge is 2.57. The summed E-state index contributed by atoms with van der Waals surface area (Å²) < 4.78 is 0. The van der Waals surface area contributed by atoms with Crippen LogP contribution in [0.4, 0.5) is 4.79 Å². The smallest absolute Gasteiger partial charge is 0.325 e. The molecule has 8 heteroatoms. The molecule has 7 nitrogen and oxygen atoms in total. The molecule has 32 heavy (non-hydrogen) atoms. The number of carbonyl (C=O) groups excluding carboxylic acids is 3. The molecule has 0 radical (unpaired) electrons. The van der Waals surface area contributed by atoms with Gasteiger partial charge >= 0.3 is 6.03 Å². The zero-order valence-corrected chi connectivity index (χ0v) is 19.4. The first-order chi connectivity index (χ1) is 15.4. The number of nitrogens with zero attached hydrogens (tertiary/aromatic N) is 3. The summed E-state index contributed by atoms with van der Waals surface area (Å²) in [6.07, 6.45) is 5.83. The van der Waals surface area contributed by atoms with Gasteiger partial charge in [-0.2, -0.15) is 0 Å². The van der Waals surface area contributed by atoms with E-state index in [0.29, 0.717) is 56.8 Å². The average molecular weight is 455 g/mol. The molecule has 2 fully saturated rings. The Kier molecular flexibility index (Phi) is 6.60. The van der Waals surface area contributed by atoms with Gasteiger partial charge < -0.3 is 10.2 Å². The van der Waals surface area contributed by atoms with Crippen LogP contribution in [0.25, 0.3) is 0 Å². The zero-order valence-electron chi connectivity index (χ0n) is 18.6. The second-order valence-electron chi connectivity index (χ2n) is 9.02. The van der Waals surface area contributed by atoms with Gasteiger partial charge in [0, 0.05) is 48.9 Å². The van der Waals surface area contributed by atoms with E-state index in [1.807, 2.05) is 42.3 Å². The minimum absolute atomic E-state index is 0.0991. The van der Waals surface area contributed by atoms with Gasteiger partial charge in [0.25, 0.3) is 5.91 Å². The molecule has 1 atom stereocenters. The lowest BCUT2D eigenvalue weighted by Gasteiger charge is -2.41. The second-order valence-corrected chi connectivity index (χ2v) is 10.1. The fourth-order valence-corrected chi connectivity index (χ4v) is 5.52. The number of carbonyl (C=O) groups is 3. The van der Waals surface area contributed by atoms with Gasteiger partial charge in [-0.25, -0.2) is 4.79 Å². The van der Waals surface area contributed by atoms with E-state index in [1.54, 1.807) is 29.8 Å². The predicted octanol–water partition coefficient (Wildman–Crippen LogP) is 3.42. The van der Waals surface area contributed by atoms with Crippen molar-refractivity contribution in [3.05, 3.63) is 52.5 Å². The van der Waals surface area contributed by atoms with Crippen LogP contribution in [0.3, 0.4) is 0 Å². The Bertz CT molecular complexity index is 955. The maximum Gasteiger partial charge on any atom is 0.325 e. The molecule has 0 aliphatic carbocycles. The van der Waals surface area contributed by atoms with Gasteiger partial charge in [-0.05, 0) is 48.6 Å². The summed E-state index contributed by atoms with van der Waals surface area (Å²) in [6.45, 7) is 5.62. The van der Waals surface area contributed by atoms with Crippen LogP contribution >= 0.6 is 11.3 Å². The van der Waals surface area contributed by atoms with E-state index in [2.05, 4.69) is 10.3 Å². The van der Waals surface area contributed by atoms with E-state index in [1.165, 1.54) is 4.90 Å². The average Bonchev–Trinajstić information content (AvgIpc) is 3.39. The quantitative estimate of drug-likeness (QED) is 0.650. The van der Waals surface area contributed by atoms with Crippen molar-refractivity contribution in [2.24, 2.45) is 11.8 Å². The number of amides is 4. The molecule has 0 unspecified atom stereocenters. The minimum atomic E-state index is -1.13. The van der Waals surface area contributed by atoms with Crippen molar-refractivity contribution in [2.45, 2.75) is 45.1 Å². The number of aromatic nitrogens is 1. The highest BCUT2D eigenvalue weighted by Crippen LogP contribution is 2.41. The van der Waals surface area contributed by atoms with Crippen molar-refractivity contribution < 1.29 is 14.4 Å². The third-order valence-corrected chi connectivity index (χ3v) is 7.39. The first-order valence-corrected chi connectivity index (χ1v) is 12.1. The summed E-state index contributed by atoms with van der Waals surface area (Å²) in [6, 6.07) is 7.30. The van der Waals surface area contributed by atoms with Crippen LogP contribution in [0.2, 0.25) is 0 Å². The van der Waals surface area contributed by atoms with Crippen LogP contribution in [0, 0.1) is 11.8 Å². The molecule has 2 aliphatic heterocycles. The van der Waals surface area contributed by atoms with Gasteiger partial charge in [0.1, 0.15) is 0 Å². The fraction of sp³-hybridized carbons (Fsp3) is 0.500. The van der Waals surface area contributed by atoms with E-state index >= 15 is 0 Å². The number of pyridine rings is 1. The molecule has 2 aromatic rings. The summed E-state index contributed by atoms with van der Waals surface area (Å²) in [4.78, 5) is 47.9. The number of nitrogens with one attached hydrogen (secondary N) is 1. The summed E-state index contributed by atoms with van der Waals surface area (Å²) in [5.74, 6) is 0.166. The number of hydrogen-bond donors (Lipinski definition) is 1. The van der Waals surface area contributed by atoms with Gasteiger partial charge in [-0.1, -0.05) is 26.0 Å². The van der Waals surface area contributed by atoms with E-state index in [-0.39, 0.29) is 23.8 Å². The second kappa shape index (κ2) is 9.40. The Morgan fingerprint density at radius 2 is 2.03 bits per heavy atom. The largest absolute Gasteiger partial charge is 0.343 e. The number of piperidine rings is 1. The molecular formula is C24H30N4O3S. The Morgan fingerprint density at radius 3 is 2.66 bits per heavy atom. The maximum absolute atomic E-state index is 13.8. The molecule has 0 saturated carbocycles. The number of rotatable bonds is 7. The van der Waals surface area contributed by atoms with Gasteiger partial charge in [-0.15, -0.1) is 11.3 Å². The summed E-state index contributed by atoms with van der Waals surface area (Å²) in [5, 5.41) is 5.05. The Labute approximate surface area is 192 Å². The summed E-state index contributed by atoms with van der Waals surface area (Å²) in [5.41, 5.74) is -0.419. The topological polar surface area (TPSA) is 82.6 Å². The Hall–Kier alpha value is -2.74. The molecule has 2 aromatic heterocycles. The molecule has 4 amide bonds. The van der Waals surface area contributed by atoms with Gasteiger partial charge in [-0.3, -0.25) is 19.5 Å². The normalized spacial score (nSPS) is 22.0. The third-order valence-electron chi connectivity index (χ3n) is 6.45. The van der Waals surface area contributed by atoms with Crippen molar-refractivity contribution in [3.8, 4) is 0 Å². The Balaban J connectivity index is 1.56. The standard InChI is InChI=1S/C24H30N4O3S/c1-17(2)15-21(29)27-11-7-18(8-12-27)24(19-5-3-10-25-16-19)22(30)28(23(31)26-24)13-9-20-6-4-14-32-20/h3-6,10,14,16-18H,7-9,11-13,15H2,1-2H3,(H,26,31)/t24-/m1/s1. The Morgan fingerprint density at radius 1 is 1.25 bits per heavy atom. The molecular weight excluding hydrogens is 424 g/mol. The van der Waals surface area contributed by atoms with Crippen LogP contribution in [0.15, 0.2) is 42.0 Å². The first kappa shape index (κ1) is 22.5. The van der Waals surface area contributed by atoms with Crippen molar-refractivity contribution in [3.63, 3.8) is 0 Å². The highest BCUT2D eigenvalue weighted by atomic mass is 32.1. The molecule has 4 rings (SSSR count). The van der Waals surface area contributed by atoms with Crippen LogP contribution in [0.1, 0.15) is 43.6 Å². The molecule has 2 saturated heterocycles. The first-order valence-electron chi connectivity index (χ1n) is 11.3. The lowest BCUT2D eigenvalue weighted by atomic mass is 9.73. The predicted molar refractivity (Wildman–Crippen MR) is 123 cm³/mol. The van der Waals surface area contributed by atoms with Crippen LogP contribution in [0.5, 0.6) is 0 Å². The van der Waals surface area contributed by atoms with Crippen molar-refractivity contribution in [2.75, 3.05) is 19.6 Å². The molecule has 0 bridgehead atoms. The number of urea groups is 1. The number of hydrogen-bond acceptors (Lipinski definition) is 5. The minimum Gasteiger partial charge on any atom is -0.343 e. The SMILES string of the molecule is CC(C)CC(=O)N1CCC([C@]2(c3cccnc3)NC(=O)N(CCc3cccs3)C2=O)CC1. The molecule has 0 aromatic carbocycles. The van der Waals surface area contributed by atoms with E-state index in [4.69, 9.17) is 0 Å². The number of thiophene rings is 1. The summed E-state index contributed by atoms with van der Waals surface area (Å²) in [7, 11) is 0. The fourth-order valence-electron chi connectivity index (χ4n) is 4.82. The van der Waals surface area contributed by atoms with Crippen molar-refractivity contribution >= 4 is 29.2 Å². The van der Waals surface area contributed by atoms with Gasteiger partial charge in [0.15, 0.2) is 5.54 Å². The number of likely N-dealkylation sites (tertiary alicyclic amines) is 1. The van der Waals surface area contributed by atoms with Crippen LogP contribution in [-0.4, -0.2) is 52.3 Å². The molecule has 2 aliphatic rings. The number of imide groups is 1. The van der Waals surface area contributed by atoms with E-state index in [9.17, 15) is 14.4 Å². The van der Waals surface area contributed by atoms with Gasteiger partial charge in [0.05, 0.1) is 0 Å². The molecule has 170 valence electrons. The van der Waals surface area contributed by atoms with E-state index in [0.717, 1.165) is 4.88 Å². The molecule has 1 N–H and O–H groups in total. The lowest BCUT2D eigenvalue weighted by molar-refractivity contribution is -0.136. The summed E-state index contributed by atoms with van der Waals surface area (Å²) >= 11 is 1.62. The molecule has 0 spiro atoms. The monoisotopic (exact) mass is 454 g/mol. The highest BCUT2D eigenvalue weighted by molar-refractivity contribution is 7.09. The van der Waals surface area contributed by atoms with Gasteiger partial charge in [0.2, 0.25) is 5.91 Å². The van der Waals surface area contributed by atoms with Crippen molar-refractivity contribution in [1.82, 2.24) is 20.1 Å². The van der Waals surface area contributed by atoms with E-state index < -0.39 is 5.54 Å². The molecule has 4 heterocycles. The zero-order chi connectivity index (χ0) is 22.7. The maximum atomic E-state index is 13.8. The van der Waals surface area contributed by atoms with Crippen LogP contribution < -0.4 is 5.32 Å². The van der Waals surface area contributed by atoms with Crippen LogP contribution in [-0.2, 0) is 21.5 Å².